The van der Waals surface area contributed by atoms with Gasteiger partial charge in [-0.3, -0.25) is 9.59 Å². The maximum absolute atomic E-state index is 12.6. The Kier molecular flexibility index (Phi) is 5.67. The summed E-state index contributed by atoms with van der Waals surface area (Å²) in [6.45, 7) is 4.51. The van der Waals surface area contributed by atoms with Crippen molar-refractivity contribution in [3.8, 4) is 6.07 Å². The van der Waals surface area contributed by atoms with E-state index >= 15 is 0 Å². The van der Waals surface area contributed by atoms with Crippen molar-refractivity contribution in [2.75, 3.05) is 16.8 Å². The van der Waals surface area contributed by atoms with E-state index in [1.807, 2.05) is 38.1 Å². The molecule has 0 saturated carbocycles. The lowest BCUT2D eigenvalue weighted by molar-refractivity contribution is -0.119. The maximum Gasteiger partial charge on any atom is 0.226 e. The van der Waals surface area contributed by atoms with E-state index in [4.69, 9.17) is 0 Å². The van der Waals surface area contributed by atoms with Crippen molar-refractivity contribution in [1.82, 2.24) is 14.6 Å². The van der Waals surface area contributed by atoms with E-state index in [1.54, 1.807) is 9.42 Å². The minimum absolute atomic E-state index is 0.112. The zero-order valence-corrected chi connectivity index (χ0v) is 17.7. The van der Waals surface area contributed by atoms with E-state index in [2.05, 4.69) is 21.5 Å². The molecule has 2 amide bonds. The first-order valence-electron chi connectivity index (χ1n) is 10.4. The van der Waals surface area contributed by atoms with Gasteiger partial charge in [-0.15, -0.1) is 0 Å². The fourth-order valence-electron chi connectivity index (χ4n) is 4.04. The number of hydrogen-bond acceptors (Lipinski definition) is 5. The van der Waals surface area contributed by atoms with Crippen LogP contribution in [0.3, 0.4) is 0 Å². The average Bonchev–Trinajstić information content (AvgIpc) is 3.17. The molecule has 1 saturated heterocycles. The first-order valence-corrected chi connectivity index (χ1v) is 10.4. The quantitative estimate of drug-likeness (QED) is 0.687. The van der Waals surface area contributed by atoms with Crippen LogP contribution in [0.5, 0.6) is 0 Å². The molecule has 4 rings (SSSR count). The summed E-state index contributed by atoms with van der Waals surface area (Å²) in [6, 6.07) is 9.52. The Morgan fingerprint density at radius 3 is 2.90 bits per heavy atom. The number of nitriles is 1. The Hall–Kier alpha value is -3.73. The number of amides is 2. The highest BCUT2D eigenvalue weighted by molar-refractivity contribution is 5.96. The number of hydrogen-bond donors (Lipinski definition) is 1. The molecule has 0 bridgehead atoms. The molecule has 0 atom stereocenters. The van der Waals surface area contributed by atoms with Crippen LogP contribution >= 0.6 is 0 Å². The van der Waals surface area contributed by atoms with E-state index in [0.29, 0.717) is 36.3 Å². The number of piperidine rings is 1. The molecule has 2 aromatic heterocycles. The van der Waals surface area contributed by atoms with E-state index in [-0.39, 0.29) is 18.2 Å². The van der Waals surface area contributed by atoms with E-state index < -0.39 is 0 Å². The number of anilines is 2. The number of nitrogens with one attached hydrogen (secondary N) is 1. The molecular formula is C23H24N6O2. The van der Waals surface area contributed by atoms with Crippen molar-refractivity contribution in [2.24, 2.45) is 0 Å². The topological polar surface area (TPSA) is 103 Å². The van der Waals surface area contributed by atoms with Gasteiger partial charge in [-0.2, -0.15) is 10.4 Å². The smallest absolute Gasteiger partial charge is 0.226 e. The summed E-state index contributed by atoms with van der Waals surface area (Å²) < 4.78 is 1.65. The van der Waals surface area contributed by atoms with Crippen molar-refractivity contribution >= 4 is 28.8 Å². The average molecular weight is 416 g/mol. The molecule has 8 heteroatoms. The predicted octanol–water partition coefficient (Wildman–Crippen LogP) is 3.31. The minimum Gasteiger partial charge on any atom is -0.326 e. The van der Waals surface area contributed by atoms with Gasteiger partial charge in [0, 0.05) is 42.1 Å². The fourth-order valence-corrected chi connectivity index (χ4v) is 4.04. The summed E-state index contributed by atoms with van der Waals surface area (Å²) in [4.78, 5) is 31.1. The van der Waals surface area contributed by atoms with Crippen molar-refractivity contribution in [3.05, 3.63) is 53.0 Å². The Balaban J connectivity index is 1.45. The highest BCUT2D eigenvalue weighted by Gasteiger charge is 2.20. The Bertz CT molecular complexity index is 1210. The van der Waals surface area contributed by atoms with Gasteiger partial charge in [0.15, 0.2) is 5.65 Å². The molecule has 3 aromatic rings. The van der Waals surface area contributed by atoms with E-state index in [9.17, 15) is 14.9 Å². The van der Waals surface area contributed by atoms with E-state index in [0.717, 1.165) is 35.5 Å². The summed E-state index contributed by atoms with van der Waals surface area (Å²) in [5.41, 5.74) is 5.08. The highest BCUT2D eigenvalue weighted by atomic mass is 16.2. The third-order valence-electron chi connectivity index (χ3n) is 5.70. The van der Waals surface area contributed by atoms with Gasteiger partial charge in [0.25, 0.3) is 0 Å². The van der Waals surface area contributed by atoms with Crippen molar-refractivity contribution in [1.29, 1.82) is 5.26 Å². The molecule has 1 aromatic carbocycles. The predicted molar refractivity (Wildman–Crippen MR) is 117 cm³/mol. The molecular weight excluding hydrogens is 392 g/mol. The van der Waals surface area contributed by atoms with Crippen LogP contribution in [0.15, 0.2) is 30.5 Å². The maximum atomic E-state index is 12.6. The number of nitrogens with zero attached hydrogens (tertiary/aromatic N) is 5. The standard InChI is InChI=1S/C23H24N6O2/c1-15-20(16(2)29-23(26-15)17(13-24)14-25-29)9-10-21(30)27-18-6-5-7-19(12-18)28-11-4-3-8-22(28)31/h5-7,12,14H,3-4,8-11H2,1-2H3,(H,27,30). The van der Waals surface area contributed by atoms with Crippen LogP contribution in [0.2, 0.25) is 0 Å². The highest BCUT2D eigenvalue weighted by Crippen LogP contribution is 2.24. The van der Waals surface area contributed by atoms with Gasteiger partial charge in [0.2, 0.25) is 11.8 Å². The summed E-state index contributed by atoms with van der Waals surface area (Å²) in [6.07, 6.45) is 4.80. The van der Waals surface area contributed by atoms with Gasteiger partial charge in [-0.05, 0) is 56.9 Å². The number of aromatic nitrogens is 3. The second-order valence-corrected chi connectivity index (χ2v) is 7.77. The summed E-state index contributed by atoms with van der Waals surface area (Å²) in [5.74, 6) is 0.0148. The lowest BCUT2D eigenvalue weighted by atomic mass is 10.1. The normalized spacial score (nSPS) is 14.0. The minimum atomic E-state index is -0.112. The van der Waals surface area contributed by atoms with Gasteiger partial charge in [0.05, 0.1) is 6.20 Å². The van der Waals surface area contributed by atoms with Crippen molar-refractivity contribution < 1.29 is 9.59 Å². The van der Waals surface area contributed by atoms with E-state index in [1.165, 1.54) is 6.20 Å². The largest absolute Gasteiger partial charge is 0.326 e. The molecule has 8 nitrogen and oxygen atoms in total. The lowest BCUT2D eigenvalue weighted by Gasteiger charge is -2.27. The molecule has 1 aliphatic heterocycles. The van der Waals surface area contributed by atoms with Gasteiger partial charge in [0.1, 0.15) is 11.6 Å². The molecule has 1 aliphatic rings. The molecule has 158 valence electrons. The molecule has 0 spiro atoms. The molecule has 1 fully saturated rings. The number of carbonyl (C=O) groups is 2. The molecule has 3 heterocycles. The third-order valence-corrected chi connectivity index (χ3v) is 5.70. The van der Waals surface area contributed by atoms with Crippen LogP contribution in [-0.4, -0.2) is 33.0 Å². The first kappa shape index (κ1) is 20.5. The van der Waals surface area contributed by atoms with Gasteiger partial charge in [-0.25, -0.2) is 9.50 Å². The molecule has 0 radical (unpaired) electrons. The van der Waals surface area contributed by atoms with Crippen molar-refractivity contribution in [3.63, 3.8) is 0 Å². The first-order chi connectivity index (χ1) is 15.0. The zero-order valence-electron chi connectivity index (χ0n) is 17.7. The Morgan fingerprint density at radius 2 is 2.13 bits per heavy atom. The summed E-state index contributed by atoms with van der Waals surface area (Å²) in [7, 11) is 0. The van der Waals surface area contributed by atoms with Crippen LogP contribution in [0.4, 0.5) is 11.4 Å². The zero-order chi connectivity index (χ0) is 22.0. The SMILES string of the molecule is Cc1nc2c(C#N)cnn2c(C)c1CCC(=O)Nc1cccc(N2CCCCC2=O)c1. The summed E-state index contributed by atoms with van der Waals surface area (Å²) in [5, 5.41) is 16.4. The molecule has 31 heavy (non-hydrogen) atoms. The number of aryl methyl sites for hydroxylation is 2. The number of rotatable bonds is 5. The second-order valence-electron chi connectivity index (χ2n) is 7.77. The van der Waals surface area contributed by atoms with Crippen LogP contribution in [0, 0.1) is 25.2 Å². The monoisotopic (exact) mass is 416 g/mol. The van der Waals surface area contributed by atoms with Crippen LogP contribution < -0.4 is 10.2 Å². The Morgan fingerprint density at radius 1 is 1.29 bits per heavy atom. The molecule has 1 N–H and O–H groups in total. The number of carbonyl (C=O) groups excluding carboxylic acids is 2. The molecule has 0 unspecified atom stereocenters. The van der Waals surface area contributed by atoms with Crippen LogP contribution in [0.25, 0.3) is 5.65 Å². The number of benzene rings is 1. The van der Waals surface area contributed by atoms with Crippen molar-refractivity contribution in [2.45, 2.75) is 46.0 Å². The number of fused-ring (bicyclic) bond motifs is 1. The van der Waals surface area contributed by atoms with Gasteiger partial charge < -0.3 is 10.2 Å². The summed E-state index contributed by atoms with van der Waals surface area (Å²) >= 11 is 0. The van der Waals surface area contributed by atoms with Gasteiger partial charge >= 0.3 is 0 Å². The van der Waals surface area contributed by atoms with Crippen LogP contribution in [0.1, 0.15) is 48.2 Å². The fraction of sp³-hybridized carbons (Fsp3) is 0.348. The lowest BCUT2D eigenvalue weighted by Crippen LogP contribution is -2.35. The Labute approximate surface area is 180 Å². The second kappa shape index (κ2) is 8.56. The van der Waals surface area contributed by atoms with Gasteiger partial charge in [-0.1, -0.05) is 6.07 Å². The molecule has 0 aliphatic carbocycles. The van der Waals surface area contributed by atoms with Crippen LogP contribution in [-0.2, 0) is 16.0 Å². The third kappa shape index (κ3) is 4.12.